The van der Waals surface area contributed by atoms with E-state index in [2.05, 4.69) is 5.32 Å². The van der Waals surface area contributed by atoms with Crippen molar-refractivity contribution in [2.75, 3.05) is 13.7 Å². The fourth-order valence-corrected chi connectivity index (χ4v) is 2.76. The number of benzene rings is 1. The third-order valence-corrected chi connectivity index (χ3v) is 4.13. The summed E-state index contributed by atoms with van der Waals surface area (Å²) in [5, 5.41) is 4.05. The van der Waals surface area contributed by atoms with Crippen LogP contribution in [-0.4, -0.2) is 25.7 Å². The van der Waals surface area contributed by atoms with Crippen LogP contribution in [0.15, 0.2) is 12.1 Å². The zero-order valence-corrected chi connectivity index (χ0v) is 12.1. The lowest BCUT2D eigenvalue weighted by molar-refractivity contribution is -0.124. The zero-order chi connectivity index (χ0) is 14.0. The van der Waals surface area contributed by atoms with Crippen molar-refractivity contribution in [2.24, 2.45) is 5.73 Å². The molecule has 2 rings (SSSR count). The molecular weight excluding hydrogens is 287 g/mol. The number of fused-ring (bicyclic) bond motifs is 1. The van der Waals surface area contributed by atoms with E-state index in [0.29, 0.717) is 10.0 Å². The van der Waals surface area contributed by atoms with E-state index in [1.807, 2.05) is 6.07 Å². The van der Waals surface area contributed by atoms with E-state index in [4.69, 9.17) is 33.7 Å². The maximum Gasteiger partial charge on any atom is 0.239 e. The number of hydrogen-bond donors (Lipinski definition) is 2. The number of carbonyl (C=O) groups excluding carboxylic acids is 1. The molecule has 0 spiro atoms. The maximum atomic E-state index is 11.9. The van der Waals surface area contributed by atoms with Gasteiger partial charge in [-0.2, -0.15) is 0 Å². The van der Waals surface area contributed by atoms with Crippen LogP contribution >= 0.6 is 23.2 Å². The van der Waals surface area contributed by atoms with Gasteiger partial charge in [-0.3, -0.25) is 4.79 Å². The molecule has 0 heterocycles. The van der Waals surface area contributed by atoms with Crippen LogP contribution in [0.1, 0.15) is 23.6 Å². The molecule has 1 aromatic rings. The fraction of sp³-hybridized carbons (Fsp3) is 0.462. The van der Waals surface area contributed by atoms with Crippen molar-refractivity contribution >= 4 is 29.1 Å². The van der Waals surface area contributed by atoms with Gasteiger partial charge >= 0.3 is 0 Å². The topological polar surface area (TPSA) is 64.3 Å². The highest BCUT2D eigenvalue weighted by Crippen LogP contribution is 2.38. The summed E-state index contributed by atoms with van der Waals surface area (Å²) in [7, 11) is 1.51. The number of amides is 1. The van der Waals surface area contributed by atoms with Crippen molar-refractivity contribution in [3.63, 3.8) is 0 Å². The lowest BCUT2D eigenvalue weighted by Crippen LogP contribution is -2.44. The minimum absolute atomic E-state index is 0.0554. The standard InChI is InChI=1S/C13H16Cl2N2O2/c1-19-6-10(16)13(18)17-11-5-3-8-7(11)2-4-9(14)12(8)15/h2,4,10-11H,3,5-6,16H2,1H3,(H,17,18). The predicted molar refractivity (Wildman–Crippen MR) is 75.5 cm³/mol. The summed E-state index contributed by atoms with van der Waals surface area (Å²) in [6.07, 6.45) is 1.61. The van der Waals surface area contributed by atoms with Crippen LogP contribution in [0, 0.1) is 0 Å². The number of methoxy groups -OCH3 is 1. The molecule has 1 aliphatic carbocycles. The maximum absolute atomic E-state index is 11.9. The van der Waals surface area contributed by atoms with E-state index in [1.165, 1.54) is 7.11 Å². The number of nitrogens with two attached hydrogens (primary N) is 1. The lowest BCUT2D eigenvalue weighted by Gasteiger charge is -2.17. The summed E-state index contributed by atoms with van der Waals surface area (Å²) in [6, 6.07) is 2.95. The minimum atomic E-state index is -0.656. The van der Waals surface area contributed by atoms with E-state index in [0.717, 1.165) is 24.0 Å². The quantitative estimate of drug-likeness (QED) is 0.895. The van der Waals surface area contributed by atoms with Gasteiger partial charge in [0.15, 0.2) is 0 Å². The smallest absolute Gasteiger partial charge is 0.239 e. The van der Waals surface area contributed by atoms with Gasteiger partial charge in [-0.15, -0.1) is 0 Å². The minimum Gasteiger partial charge on any atom is -0.383 e. The summed E-state index contributed by atoms with van der Waals surface area (Å²) in [4.78, 5) is 11.9. The summed E-state index contributed by atoms with van der Waals surface area (Å²) >= 11 is 12.1. The molecule has 0 radical (unpaired) electrons. The Morgan fingerprint density at radius 2 is 2.32 bits per heavy atom. The first-order valence-corrected chi connectivity index (χ1v) is 6.82. The van der Waals surface area contributed by atoms with Gasteiger partial charge in [0.25, 0.3) is 0 Å². The fourth-order valence-electron chi connectivity index (χ4n) is 2.32. The Kier molecular flexibility index (Phi) is 4.68. The van der Waals surface area contributed by atoms with E-state index in [9.17, 15) is 4.79 Å². The average molecular weight is 303 g/mol. The van der Waals surface area contributed by atoms with Crippen LogP contribution in [0.3, 0.4) is 0 Å². The highest BCUT2D eigenvalue weighted by atomic mass is 35.5. The van der Waals surface area contributed by atoms with Gasteiger partial charge in [0.1, 0.15) is 6.04 Å². The van der Waals surface area contributed by atoms with Crippen LogP contribution in [0.25, 0.3) is 0 Å². The highest BCUT2D eigenvalue weighted by molar-refractivity contribution is 6.42. The number of ether oxygens (including phenoxy) is 1. The first-order valence-electron chi connectivity index (χ1n) is 6.06. The van der Waals surface area contributed by atoms with Gasteiger partial charge < -0.3 is 15.8 Å². The second kappa shape index (κ2) is 6.09. The van der Waals surface area contributed by atoms with Gasteiger partial charge in [-0.25, -0.2) is 0 Å². The largest absolute Gasteiger partial charge is 0.383 e. The molecule has 1 aromatic carbocycles. The van der Waals surface area contributed by atoms with Crippen molar-refractivity contribution in [3.8, 4) is 0 Å². The third-order valence-electron chi connectivity index (χ3n) is 3.29. The molecule has 0 aliphatic heterocycles. The second-order valence-electron chi connectivity index (χ2n) is 4.59. The molecule has 0 saturated heterocycles. The van der Waals surface area contributed by atoms with Crippen molar-refractivity contribution in [1.29, 1.82) is 0 Å². The first-order chi connectivity index (χ1) is 9.04. The molecule has 19 heavy (non-hydrogen) atoms. The number of halogens is 2. The molecule has 6 heteroatoms. The zero-order valence-electron chi connectivity index (χ0n) is 10.6. The molecule has 2 unspecified atom stereocenters. The van der Waals surface area contributed by atoms with E-state index < -0.39 is 6.04 Å². The van der Waals surface area contributed by atoms with Crippen LogP contribution in [-0.2, 0) is 16.0 Å². The van der Waals surface area contributed by atoms with Crippen molar-refractivity contribution in [3.05, 3.63) is 33.3 Å². The number of rotatable bonds is 4. The predicted octanol–water partition coefficient (Wildman–Crippen LogP) is 2.07. The summed E-state index contributed by atoms with van der Waals surface area (Å²) in [5.74, 6) is -0.217. The van der Waals surface area contributed by atoms with Gasteiger partial charge in [0.05, 0.1) is 22.7 Å². The molecule has 0 aromatic heterocycles. The van der Waals surface area contributed by atoms with Crippen molar-refractivity contribution < 1.29 is 9.53 Å². The van der Waals surface area contributed by atoms with Gasteiger partial charge in [-0.1, -0.05) is 29.3 Å². The monoisotopic (exact) mass is 302 g/mol. The molecule has 104 valence electrons. The molecule has 4 nitrogen and oxygen atoms in total. The molecule has 0 bridgehead atoms. The molecule has 0 saturated carbocycles. The number of hydrogen-bond acceptors (Lipinski definition) is 3. The Bertz CT molecular complexity index is 494. The van der Waals surface area contributed by atoms with E-state index in [-0.39, 0.29) is 18.6 Å². The summed E-state index contributed by atoms with van der Waals surface area (Å²) in [5.41, 5.74) is 7.73. The molecule has 1 aliphatic rings. The summed E-state index contributed by atoms with van der Waals surface area (Å²) in [6.45, 7) is 0.201. The third kappa shape index (κ3) is 3.03. The Balaban J connectivity index is 2.11. The van der Waals surface area contributed by atoms with Crippen molar-refractivity contribution in [2.45, 2.75) is 24.9 Å². The van der Waals surface area contributed by atoms with Crippen LogP contribution in [0.4, 0.5) is 0 Å². The Hall–Kier alpha value is -0.810. The normalized spacial score (nSPS) is 19.1. The Labute approximate surface area is 122 Å². The summed E-state index contributed by atoms with van der Waals surface area (Å²) < 4.78 is 4.87. The van der Waals surface area contributed by atoms with E-state index >= 15 is 0 Å². The van der Waals surface area contributed by atoms with Gasteiger partial charge in [0, 0.05) is 7.11 Å². The van der Waals surface area contributed by atoms with Crippen LogP contribution in [0.5, 0.6) is 0 Å². The molecular formula is C13H16Cl2N2O2. The average Bonchev–Trinajstić information content (AvgIpc) is 2.78. The van der Waals surface area contributed by atoms with E-state index in [1.54, 1.807) is 6.07 Å². The molecule has 2 atom stereocenters. The molecule has 1 amide bonds. The van der Waals surface area contributed by atoms with Crippen LogP contribution in [0.2, 0.25) is 10.0 Å². The second-order valence-corrected chi connectivity index (χ2v) is 5.38. The van der Waals surface area contributed by atoms with Gasteiger partial charge in [-0.05, 0) is 30.0 Å². The van der Waals surface area contributed by atoms with Gasteiger partial charge in [0.2, 0.25) is 5.91 Å². The molecule has 0 fully saturated rings. The highest BCUT2D eigenvalue weighted by Gasteiger charge is 2.28. The number of carbonyl (C=O) groups is 1. The first kappa shape index (κ1) is 14.6. The number of nitrogens with one attached hydrogen (secondary N) is 1. The Morgan fingerprint density at radius 1 is 1.58 bits per heavy atom. The lowest BCUT2D eigenvalue weighted by atomic mass is 10.1. The Morgan fingerprint density at radius 3 is 3.00 bits per heavy atom. The SMILES string of the molecule is COCC(N)C(=O)NC1CCc2c1ccc(Cl)c2Cl. The van der Waals surface area contributed by atoms with Crippen LogP contribution < -0.4 is 11.1 Å². The molecule has 3 N–H and O–H groups in total. The van der Waals surface area contributed by atoms with Crippen molar-refractivity contribution in [1.82, 2.24) is 5.32 Å².